The zero-order valence-electron chi connectivity index (χ0n) is 22.1. The molecule has 9 nitrogen and oxygen atoms in total. The molecule has 2 amide bonds. The van der Waals surface area contributed by atoms with E-state index in [-0.39, 0.29) is 18.5 Å². The smallest absolute Gasteiger partial charge is 0.410 e. The van der Waals surface area contributed by atoms with Gasteiger partial charge in [-0.05, 0) is 57.7 Å². The van der Waals surface area contributed by atoms with Crippen LogP contribution in [0.2, 0.25) is 0 Å². The van der Waals surface area contributed by atoms with Gasteiger partial charge in [0, 0.05) is 57.0 Å². The van der Waals surface area contributed by atoms with Gasteiger partial charge in [-0.15, -0.1) is 0 Å². The van der Waals surface area contributed by atoms with Gasteiger partial charge >= 0.3 is 6.09 Å². The average molecular weight is 502 g/mol. The summed E-state index contributed by atoms with van der Waals surface area (Å²) in [5.41, 5.74) is 1.58. The van der Waals surface area contributed by atoms with E-state index >= 15 is 0 Å². The zero-order chi connectivity index (χ0) is 25.9. The first-order chi connectivity index (χ1) is 17.2. The third-order valence-corrected chi connectivity index (χ3v) is 6.52. The number of aromatic nitrogens is 1. The van der Waals surface area contributed by atoms with Gasteiger partial charge < -0.3 is 33.3 Å². The minimum absolute atomic E-state index is 0.0699. The number of methoxy groups -OCH3 is 2. The van der Waals surface area contributed by atoms with E-state index in [4.69, 9.17) is 18.9 Å². The number of amides is 2. The number of fused-ring (bicyclic) bond motifs is 1. The van der Waals surface area contributed by atoms with E-state index in [2.05, 4.69) is 16.8 Å². The Bertz CT molecular complexity index is 1070. The molecule has 0 bridgehead atoms. The number of nitrogens with zero attached hydrogens (tertiary/aromatic N) is 3. The Morgan fingerprint density at radius 1 is 1.19 bits per heavy atom. The number of carbonyl (C=O) groups is 2. The molecule has 198 valence electrons. The highest BCUT2D eigenvalue weighted by Crippen LogP contribution is 2.33. The molecule has 1 atom stereocenters. The molecule has 0 N–H and O–H groups in total. The number of carbonyl (C=O) groups excluding carboxylic acids is 2. The molecule has 1 aliphatic carbocycles. The topological polar surface area (TPSA) is 82.5 Å². The molecule has 4 rings (SSSR count). The van der Waals surface area contributed by atoms with Crippen molar-refractivity contribution < 1.29 is 28.5 Å². The number of hydrogen-bond donors (Lipinski definition) is 0. The second-order valence-electron chi connectivity index (χ2n) is 10.6. The van der Waals surface area contributed by atoms with Crippen molar-refractivity contribution in [3.05, 3.63) is 30.0 Å². The fourth-order valence-corrected chi connectivity index (χ4v) is 4.60. The van der Waals surface area contributed by atoms with Crippen LogP contribution in [0.25, 0.3) is 10.9 Å². The maximum Gasteiger partial charge on any atom is 0.410 e. The van der Waals surface area contributed by atoms with Crippen molar-refractivity contribution in [2.75, 3.05) is 40.5 Å². The van der Waals surface area contributed by atoms with Crippen molar-refractivity contribution in [2.24, 2.45) is 0 Å². The van der Waals surface area contributed by atoms with Crippen LogP contribution in [0.15, 0.2) is 24.4 Å². The lowest BCUT2D eigenvalue weighted by atomic mass is 10.1. The first-order valence-electron chi connectivity index (χ1n) is 12.7. The van der Waals surface area contributed by atoms with Gasteiger partial charge in [-0.25, -0.2) is 4.79 Å². The van der Waals surface area contributed by atoms with E-state index < -0.39 is 17.8 Å². The predicted molar refractivity (Wildman–Crippen MR) is 136 cm³/mol. The van der Waals surface area contributed by atoms with Gasteiger partial charge in [0.15, 0.2) is 6.10 Å². The van der Waals surface area contributed by atoms with E-state index in [0.717, 1.165) is 48.0 Å². The van der Waals surface area contributed by atoms with Crippen LogP contribution < -0.4 is 4.74 Å². The molecule has 0 radical (unpaired) electrons. The monoisotopic (exact) mass is 501 g/mol. The van der Waals surface area contributed by atoms with Crippen molar-refractivity contribution in [3.8, 4) is 5.75 Å². The van der Waals surface area contributed by atoms with Crippen LogP contribution in [0.5, 0.6) is 5.75 Å². The van der Waals surface area contributed by atoms with Crippen LogP contribution >= 0.6 is 0 Å². The standard InChI is InChI=1S/C27H39N3O6/c1-27(2,3)36-26(32)29-12-14-35-24(18-29)25(31)30(20-7-8-20)17-19-16-28(11-6-13-33-4)23-15-21(34-5)9-10-22(19)23/h9-10,15-16,20,24H,6-8,11-14,17-18H2,1-5H3/t24-/m1/s1. The molecule has 0 spiro atoms. The SMILES string of the molecule is COCCCn1cc(CN(C(=O)[C@H]2CN(C(=O)OC(C)(C)C)CCO2)C2CC2)c2ccc(OC)cc21. The first-order valence-corrected chi connectivity index (χ1v) is 12.7. The summed E-state index contributed by atoms with van der Waals surface area (Å²) in [5.74, 6) is 0.729. The predicted octanol–water partition coefficient (Wildman–Crippen LogP) is 3.81. The van der Waals surface area contributed by atoms with Gasteiger partial charge in [0.2, 0.25) is 0 Å². The van der Waals surface area contributed by atoms with Gasteiger partial charge in [0.1, 0.15) is 11.4 Å². The van der Waals surface area contributed by atoms with Crippen LogP contribution in [0.1, 0.15) is 45.6 Å². The highest BCUT2D eigenvalue weighted by Gasteiger charge is 2.39. The number of benzene rings is 1. The van der Waals surface area contributed by atoms with Crippen LogP contribution in [-0.4, -0.2) is 84.6 Å². The first kappa shape index (κ1) is 26.3. The van der Waals surface area contributed by atoms with Crippen LogP contribution in [-0.2, 0) is 32.1 Å². The van der Waals surface area contributed by atoms with Crippen molar-refractivity contribution in [2.45, 2.75) is 70.9 Å². The number of ether oxygens (including phenoxy) is 4. The summed E-state index contributed by atoms with van der Waals surface area (Å²) in [5, 5.41) is 1.10. The number of aryl methyl sites for hydroxylation is 1. The molecule has 1 aliphatic heterocycles. The molecule has 0 unspecified atom stereocenters. The van der Waals surface area contributed by atoms with Gasteiger partial charge in [0.25, 0.3) is 5.91 Å². The molecule has 1 aromatic heterocycles. The minimum Gasteiger partial charge on any atom is -0.497 e. The molecule has 1 saturated carbocycles. The summed E-state index contributed by atoms with van der Waals surface area (Å²) in [4.78, 5) is 29.8. The second kappa shape index (κ2) is 11.1. The number of hydrogen-bond acceptors (Lipinski definition) is 6. The maximum absolute atomic E-state index is 13.7. The van der Waals surface area contributed by atoms with Crippen LogP contribution in [0.4, 0.5) is 4.79 Å². The molecule has 1 aromatic carbocycles. The third kappa shape index (κ3) is 6.31. The lowest BCUT2D eigenvalue weighted by molar-refractivity contribution is -0.150. The fourth-order valence-electron chi connectivity index (χ4n) is 4.60. The maximum atomic E-state index is 13.7. The Balaban J connectivity index is 1.53. The van der Waals surface area contributed by atoms with Crippen molar-refractivity contribution in [1.82, 2.24) is 14.4 Å². The largest absolute Gasteiger partial charge is 0.497 e. The van der Waals surface area contributed by atoms with Gasteiger partial charge in [-0.3, -0.25) is 4.79 Å². The number of rotatable bonds is 9. The Morgan fingerprint density at radius 2 is 1.97 bits per heavy atom. The van der Waals surface area contributed by atoms with E-state index in [1.165, 1.54) is 0 Å². The molecule has 9 heteroatoms. The molecule has 2 aromatic rings. The van der Waals surface area contributed by atoms with Crippen LogP contribution in [0, 0.1) is 0 Å². The second-order valence-corrected chi connectivity index (χ2v) is 10.6. The Morgan fingerprint density at radius 3 is 2.64 bits per heavy atom. The quantitative estimate of drug-likeness (QED) is 0.486. The zero-order valence-corrected chi connectivity index (χ0v) is 22.1. The molecule has 1 saturated heterocycles. The highest BCUT2D eigenvalue weighted by molar-refractivity contribution is 5.87. The van der Waals surface area contributed by atoms with E-state index in [0.29, 0.717) is 26.3 Å². The number of morpholine rings is 1. The van der Waals surface area contributed by atoms with Gasteiger partial charge in [-0.2, -0.15) is 0 Å². The van der Waals surface area contributed by atoms with E-state index in [1.807, 2.05) is 37.8 Å². The molecule has 2 aliphatic rings. The Labute approximate surface area is 213 Å². The normalized spacial score (nSPS) is 18.4. The molecule has 36 heavy (non-hydrogen) atoms. The van der Waals surface area contributed by atoms with Crippen molar-refractivity contribution in [3.63, 3.8) is 0 Å². The van der Waals surface area contributed by atoms with Crippen LogP contribution in [0.3, 0.4) is 0 Å². The molecular weight excluding hydrogens is 462 g/mol. The van der Waals surface area contributed by atoms with Crippen molar-refractivity contribution >= 4 is 22.9 Å². The third-order valence-electron chi connectivity index (χ3n) is 6.52. The summed E-state index contributed by atoms with van der Waals surface area (Å²) < 4.78 is 24.3. The van der Waals surface area contributed by atoms with Gasteiger partial charge in [-0.1, -0.05) is 0 Å². The average Bonchev–Trinajstić information content (AvgIpc) is 3.64. The summed E-state index contributed by atoms with van der Waals surface area (Å²) in [6.45, 7) is 8.43. The highest BCUT2D eigenvalue weighted by atomic mass is 16.6. The molecule has 2 heterocycles. The van der Waals surface area contributed by atoms with Crippen molar-refractivity contribution in [1.29, 1.82) is 0 Å². The minimum atomic E-state index is -0.693. The summed E-state index contributed by atoms with van der Waals surface area (Å²) in [7, 11) is 3.37. The van der Waals surface area contributed by atoms with E-state index in [1.54, 1.807) is 19.1 Å². The summed E-state index contributed by atoms with van der Waals surface area (Å²) >= 11 is 0. The fraction of sp³-hybridized carbons (Fsp3) is 0.630. The lowest BCUT2D eigenvalue weighted by Gasteiger charge is -2.35. The Hall–Kier alpha value is -2.78. The summed E-state index contributed by atoms with van der Waals surface area (Å²) in [6, 6.07) is 6.26. The lowest BCUT2D eigenvalue weighted by Crippen LogP contribution is -2.53. The summed E-state index contributed by atoms with van der Waals surface area (Å²) in [6.07, 6.45) is 3.88. The van der Waals surface area contributed by atoms with E-state index in [9.17, 15) is 9.59 Å². The molecule has 2 fully saturated rings. The molecular formula is C27H39N3O6. The van der Waals surface area contributed by atoms with Gasteiger partial charge in [0.05, 0.1) is 25.8 Å². The Kier molecular flexibility index (Phi) is 8.10.